The van der Waals surface area contributed by atoms with Crippen molar-refractivity contribution in [3.63, 3.8) is 0 Å². The Morgan fingerprint density at radius 1 is 1.23 bits per heavy atom. The smallest absolute Gasteiger partial charge is 0.275 e. The first kappa shape index (κ1) is 10.4. The standard InChI is InChI=1S/C10H14F2Si/c1-9(7-8-13(11)12)10-5-3-2-4-6-10/h2-6,9,13H,7-8H2,1H3. The Labute approximate surface area is 79.5 Å². The molecule has 1 atom stereocenters. The van der Waals surface area contributed by atoms with E-state index in [1.54, 1.807) is 0 Å². The van der Waals surface area contributed by atoms with Crippen LogP contribution in [-0.2, 0) is 0 Å². The van der Waals surface area contributed by atoms with Crippen molar-refractivity contribution in [2.24, 2.45) is 0 Å². The molecule has 0 radical (unpaired) electrons. The van der Waals surface area contributed by atoms with E-state index in [0.717, 1.165) is 5.56 Å². The average molecular weight is 200 g/mol. The highest BCUT2D eigenvalue weighted by Crippen LogP contribution is 2.21. The fourth-order valence-corrected chi connectivity index (χ4v) is 2.08. The summed E-state index contributed by atoms with van der Waals surface area (Å²) in [4.78, 5) is 0. The number of benzene rings is 1. The molecule has 0 nitrogen and oxygen atoms in total. The Kier molecular flexibility index (Phi) is 4.09. The van der Waals surface area contributed by atoms with Crippen LogP contribution in [0.2, 0.25) is 6.04 Å². The summed E-state index contributed by atoms with van der Waals surface area (Å²) in [5, 5.41) is 0. The summed E-state index contributed by atoms with van der Waals surface area (Å²) in [6.45, 7) is 2.01. The van der Waals surface area contributed by atoms with Crippen molar-refractivity contribution in [3.8, 4) is 0 Å². The Hall–Kier alpha value is -0.703. The van der Waals surface area contributed by atoms with Crippen molar-refractivity contribution >= 4 is 9.46 Å². The summed E-state index contributed by atoms with van der Waals surface area (Å²) in [6, 6.07) is 9.97. The van der Waals surface area contributed by atoms with Crippen LogP contribution >= 0.6 is 0 Å². The maximum atomic E-state index is 12.0. The third-order valence-electron chi connectivity index (χ3n) is 2.19. The van der Waals surface area contributed by atoms with E-state index in [1.165, 1.54) is 0 Å². The monoisotopic (exact) mass is 200 g/mol. The Morgan fingerprint density at radius 2 is 1.85 bits per heavy atom. The van der Waals surface area contributed by atoms with Gasteiger partial charge in [0.15, 0.2) is 0 Å². The van der Waals surface area contributed by atoms with Crippen LogP contribution in [-0.4, -0.2) is 9.46 Å². The van der Waals surface area contributed by atoms with Crippen molar-refractivity contribution in [3.05, 3.63) is 35.9 Å². The quantitative estimate of drug-likeness (QED) is 0.516. The predicted octanol–water partition coefficient (Wildman–Crippen LogP) is 3.34. The van der Waals surface area contributed by atoms with Gasteiger partial charge in [-0.25, -0.2) is 0 Å². The van der Waals surface area contributed by atoms with Crippen LogP contribution in [0.25, 0.3) is 0 Å². The van der Waals surface area contributed by atoms with Crippen molar-refractivity contribution < 1.29 is 8.22 Å². The van der Waals surface area contributed by atoms with Gasteiger partial charge in [0.25, 0.3) is 0 Å². The fraction of sp³-hybridized carbons (Fsp3) is 0.400. The van der Waals surface area contributed by atoms with E-state index in [0.29, 0.717) is 6.42 Å². The molecule has 0 fully saturated rings. The lowest BCUT2D eigenvalue weighted by Gasteiger charge is -2.10. The molecule has 0 bridgehead atoms. The third kappa shape index (κ3) is 3.68. The molecule has 13 heavy (non-hydrogen) atoms. The lowest BCUT2D eigenvalue weighted by Crippen LogP contribution is -2.00. The van der Waals surface area contributed by atoms with E-state index in [9.17, 15) is 8.22 Å². The van der Waals surface area contributed by atoms with Gasteiger partial charge in [0.1, 0.15) is 0 Å². The van der Waals surface area contributed by atoms with E-state index < -0.39 is 9.46 Å². The van der Waals surface area contributed by atoms with E-state index in [4.69, 9.17) is 0 Å². The minimum absolute atomic E-state index is 0.135. The van der Waals surface area contributed by atoms with E-state index >= 15 is 0 Å². The van der Waals surface area contributed by atoms with Crippen LogP contribution in [0.1, 0.15) is 24.8 Å². The van der Waals surface area contributed by atoms with Gasteiger partial charge in [-0.2, -0.15) is 0 Å². The molecule has 0 heterocycles. The minimum Gasteiger partial charge on any atom is -0.275 e. The summed E-state index contributed by atoms with van der Waals surface area (Å²) in [5.41, 5.74) is 1.16. The zero-order valence-electron chi connectivity index (χ0n) is 7.71. The van der Waals surface area contributed by atoms with Gasteiger partial charge in [-0.3, -0.25) is 8.22 Å². The molecule has 0 N–H and O–H groups in total. The zero-order chi connectivity index (χ0) is 9.68. The summed E-state index contributed by atoms with van der Waals surface area (Å²) in [7, 11) is -3.35. The van der Waals surface area contributed by atoms with Gasteiger partial charge in [0, 0.05) is 0 Å². The van der Waals surface area contributed by atoms with Crippen LogP contribution in [0.15, 0.2) is 30.3 Å². The molecule has 0 aromatic heterocycles. The highest BCUT2D eigenvalue weighted by atomic mass is 28.4. The molecule has 0 amide bonds. The maximum absolute atomic E-state index is 12.0. The van der Waals surface area contributed by atoms with Crippen LogP contribution < -0.4 is 0 Å². The van der Waals surface area contributed by atoms with Crippen molar-refractivity contribution in [1.82, 2.24) is 0 Å². The number of rotatable bonds is 4. The molecule has 1 aromatic rings. The lowest BCUT2D eigenvalue weighted by molar-refractivity contribution is 0.620. The van der Waals surface area contributed by atoms with Crippen molar-refractivity contribution in [2.75, 3.05) is 0 Å². The zero-order valence-corrected chi connectivity index (χ0v) is 8.87. The first-order valence-corrected chi connectivity index (χ1v) is 6.22. The Morgan fingerprint density at radius 3 is 2.38 bits per heavy atom. The van der Waals surface area contributed by atoms with Gasteiger partial charge in [0.05, 0.1) is 0 Å². The van der Waals surface area contributed by atoms with E-state index in [-0.39, 0.29) is 12.0 Å². The van der Waals surface area contributed by atoms with Gasteiger partial charge in [-0.05, 0) is 23.9 Å². The number of halogens is 2. The van der Waals surface area contributed by atoms with Gasteiger partial charge in [-0.15, -0.1) is 0 Å². The number of hydrogen-bond donors (Lipinski definition) is 0. The normalized spacial score (nSPS) is 13.2. The molecule has 0 saturated carbocycles. The Bertz CT molecular complexity index is 236. The third-order valence-corrected chi connectivity index (χ3v) is 2.96. The predicted molar refractivity (Wildman–Crippen MR) is 53.6 cm³/mol. The SMILES string of the molecule is CC(CC[SiH](F)F)c1ccccc1. The molecule has 3 heteroatoms. The molecule has 0 aliphatic heterocycles. The van der Waals surface area contributed by atoms with Crippen LogP contribution in [0, 0.1) is 0 Å². The Balaban J connectivity index is 2.44. The van der Waals surface area contributed by atoms with E-state index in [1.807, 2.05) is 37.3 Å². The maximum Gasteiger partial charge on any atom is 0.411 e. The minimum atomic E-state index is -3.35. The van der Waals surface area contributed by atoms with Gasteiger partial charge < -0.3 is 0 Å². The van der Waals surface area contributed by atoms with Crippen molar-refractivity contribution in [1.29, 1.82) is 0 Å². The van der Waals surface area contributed by atoms with Gasteiger partial charge in [-0.1, -0.05) is 37.3 Å². The topological polar surface area (TPSA) is 0 Å². The van der Waals surface area contributed by atoms with Crippen LogP contribution in [0.4, 0.5) is 8.22 Å². The first-order valence-electron chi connectivity index (χ1n) is 4.53. The van der Waals surface area contributed by atoms with Gasteiger partial charge in [0.2, 0.25) is 0 Å². The molecule has 1 rings (SSSR count). The second-order valence-corrected chi connectivity index (χ2v) is 4.64. The molecule has 1 unspecified atom stereocenters. The fourth-order valence-electron chi connectivity index (χ4n) is 1.32. The van der Waals surface area contributed by atoms with Gasteiger partial charge >= 0.3 is 9.46 Å². The molecule has 0 saturated heterocycles. The van der Waals surface area contributed by atoms with E-state index in [2.05, 4.69) is 0 Å². The molecular weight excluding hydrogens is 186 g/mol. The molecule has 0 spiro atoms. The molecule has 72 valence electrons. The second-order valence-electron chi connectivity index (χ2n) is 3.28. The summed E-state index contributed by atoms with van der Waals surface area (Å²) < 4.78 is 24.1. The second kappa shape index (κ2) is 5.12. The summed E-state index contributed by atoms with van der Waals surface area (Å²) in [5.74, 6) is 0.266. The first-order chi connectivity index (χ1) is 6.20. The van der Waals surface area contributed by atoms with Crippen LogP contribution in [0.5, 0.6) is 0 Å². The lowest BCUT2D eigenvalue weighted by atomic mass is 9.99. The average Bonchev–Trinajstić information content (AvgIpc) is 2.15. The summed E-state index contributed by atoms with van der Waals surface area (Å²) in [6.07, 6.45) is 0.619. The highest BCUT2D eigenvalue weighted by Gasteiger charge is 2.11. The van der Waals surface area contributed by atoms with Crippen LogP contribution in [0.3, 0.4) is 0 Å². The molecule has 0 aliphatic rings. The number of hydrogen-bond acceptors (Lipinski definition) is 0. The summed E-state index contributed by atoms with van der Waals surface area (Å²) >= 11 is 0. The largest absolute Gasteiger partial charge is 0.411 e. The molecule has 0 aliphatic carbocycles. The van der Waals surface area contributed by atoms with Crippen molar-refractivity contribution in [2.45, 2.75) is 25.3 Å². The highest BCUT2D eigenvalue weighted by molar-refractivity contribution is 6.42. The molecule has 1 aromatic carbocycles. The molecular formula is C10H14F2Si.